The van der Waals surface area contributed by atoms with Gasteiger partial charge in [-0.25, -0.2) is 8.42 Å². The fourth-order valence-electron chi connectivity index (χ4n) is 4.73. The van der Waals surface area contributed by atoms with E-state index in [9.17, 15) is 18.0 Å². The minimum absolute atomic E-state index is 0.0242. The van der Waals surface area contributed by atoms with Crippen molar-refractivity contribution in [1.82, 2.24) is 10.2 Å². The van der Waals surface area contributed by atoms with E-state index < -0.39 is 28.5 Å². The number of anilines is 1. The van der Waals surface area contributed by atoms with Crippen molar-refractivity contribution in [3.05, 3.63) is 124 Å². The number of ether oxygens (including phenoxy) is 1. The van der Waals surface area contributed by atoms with E-state index in [1.54, 1.807) is 36.4 Å². The van der Waals surface area contributed by atoms with Gasteiger partial charge in [0.15, 0.2) is 0 Å². The molecule has 0 aromatic heterocycles. The maximum atomic E-state index is 14.5. The summed E-state index contributed by atoms with van der Waals surface area (Å²) in [5, 5.41) is 3.37. The summed E-state index contributed by atoms with van der Waals surface area (Å²) in [5.41, 5.74) is 1.88. The Hall–Kier alpha value is -3.86. The molecule has 0 aliphatic rings. The number of nitrogens with zero attached hydrogens (tertiary/aromatic N) is 2. The number of hydrogen-bond donors (Lipinski definition) is 1. The van der Waals surface area contributed by atoms with E-state index >= 15 is 0 Å². The first-order valence-electron chi connectivity index (χ1n) is 14.3. The minimum atomic E-state index is -4.24. The molecule has 0 fully saturated rings. The zero-order chi connectivity index (χ0) is 32.6. The molecule has 1 N–H and O–H groups in total. The zero-order valence-corrected chi connectivity index (χ0v) is 28.3. The van der Waals surface area contributed by atoms with Gasteiger partial charge in [-0.2, -0.15) is 0 Å². The highest BCUT2D eigenvalue weighted by molar-refractivity contribution is 9.10. The van der Waals surface area contributed by atoms with E-state index in [-0.39, 0.29) is 35.5 Å². The predicted octanol–water partition coefficient (Wildman–Crippen LogP) is 6.47. The Morgan fingerprint density at radius 3 is 2.07 bits per heavy atom. The van der Waals surface area contributed by atoms with Gasteiger partial charge in [-0.1, -0.05) is 70.0 Å². The zero-order valence-electron chi connectivity index (χ0n) is 25.2. The van der Waals surface area contributed by atoms with Crippen LogP contribution in [-0.4, -0.2) is 50.9 Å². The molecule has 0 unspecified atom stereocenters. The highest BCUT2D eigenvalue weighted by Gasteiger charge is 2.35. The van der Waals surface area contributed by atoms with Crippen LogP contribution >= 0.6 is 27.5 Å². The number of sulfonamides is 1. The number of hydrogen-bond acceptors (Lipinski definition) is 5. The van der Waals surface area contributed by atoms with Gasteiger partial charge in [0.25, 0.3) is 10.0 Å². The van der Waals surface area contributed by atoms with Crippen molar-refractivity contribution in [2.75, 3.05) is 18.0 Å². The van der Waals surface area contributed by atoms with Gasteiger partial charge in [-0.3, -0.25) is 13.9 Å². The Kier molecular flexibility index (Phi) is 11.7. The maximum absolute atomic E-state index is 14.5. The van der Waals surface area contributed by atoms with E-state index in [4.69, 9.17) is 16.3 Å². The molecule has 4 rings (SSSR count). The smallest absolute Gasteiger partial charge is 0.264 e. The second-order valence-corrected chi connectivity index (χ2v) is 13.9. The van der Waals surface area contributed by atoms with E-state index in [0.29, 0.717) is 10.8 Å². The van der Waals surface area contributed by atoms with Gasteiger partial charge in [0.2, 0.25) is 11.8 Å². The van der Waals surface area contributed by atoms with Crippen molar-refractivity contribution in [3.8, 4) is 5.75 Å². The van der Waals surface area contributed by atoms with Crippen molar-refractivity contribution in [2.45, 2.75) is 43.8 Å². The summed E-state index contributed by atoms with van der Waals surface area (Å²) in [7, 11) is -2.75. The lowest BCUT2D eigenvalue weighted by molar-refractivity contribution is -0.140. The first kappa shape index (κ1) is 34.0. The van der Waals surface area contributed by atoms with Crippen molar-refractivity contribution in [3.63, 3.8) is 0 Å². The van der Waals surface area contributed by atoms with E-state index in [2.05, 4.69) is 21.2 Å². The predicted molar refractivity (Wildman–Crippen MR) is 181 cm³/mol. The molecule has 11 heteroatoms. The highest BCUT2D eigenvalue weighted by Crippen LogP contribution is 2.27. The third-order valence-corrected chi connectivity index (χ3v) is 9.58. The summed E-state index contributed by atoms with van der Waals surface area (Å²) in [6.07, 6.45) is 0.230. The fourth-order valence-corrected chi connectivity index (χ4v) is 6.54. The van der Waals surface area contributed by atoms with Crippen LogP contribution in [0.25, 0.3) is 0 Å². The number of methoxy groups -OCH3 is 1. The lowest BCUT2D eigenvalue weighted by Crippen LogP contribution is -2.54. The Morgan fingerprint density at radius 2 is 1.49 bits per heavy atom. The van der Waals surface area contributed by atoms with Crippen LogP contribution in [0.15, 0.2) is 112 Å². The van der Waals surface area contributed by atoms with E-state index in [1.165, 1.54) is 24.1 Å². The molecule has 4 aromatic rings. The van der Waals surface area contributed by atoms with Crippen LogP contribution in [0.4, 0.5) is 5.69 Å². The van der Waals surface area contributed by atoms with Crippen LogP contribution in [0.2, 0.25) is 5.02 Å². The summed E-state index contributed by atoms with van der Waals surface area (Å²) in [5.74, 6) is -0.399. The number of amides is 2. The second-order valence-electron chi connectivity index (χ2n) is 10.7. The number of nitrogens with one attached hydrogen (secondary N) is 1. The number of carbonyl (C=O) groups excluding carboxylic acids is 2. The summed E-state index contributed by atoms with van der Waals surface area (Å²) in [6, 6.07) is 27.9. The molecule has 0 aliphatic carbocycles. The first-order valence-corrected chi connectivity index (χ1v) is 16.9. The van der Waals surface area contributed by atoms with Crippen LogP contribution in [-0.2, 0) is 32.6 Å². The van der Waals surface area contributed by atoms with Crippen molar-refractivity contribution >= 4 is 55.1 Å². The van der Waals surface area contributed by atoms with Crippen LogP contribution in [0.3, 0.4) is 0 Å². The van der Waals surface area contributed by atoms with Crippen molar-refractivity contribution in [2.24, 2.45) is 0 Å². The van der Waals surface area contributed by atoms with Gasteiger partial charge in [0.05, 0.1) is 17.7 Å². The van der Waals surface area contributed by atoms with E-state index in [1.807, 2.05) is 68.4 Å². The molecule has 0 bridgehead atoms. The molecule has 0 heterocycles. The average molecular weight is 713 g/mol. The highest BCUT2D eigenvalue weighted by atomic mass is 79.9. The Bertz CT molecular complexity index is 1690. The van der Waals surface area contributed by atoms with Crippen LogP contribution in [0, 0.1) is 0 Å². The maximum Gasteiger partial charge on any atom is 0.264 e. The van der Waals surface area contributed by atoms with Crippen molar-refractivity contribution < 1.29 is 22.7 Å². The van der Waals surface area contributed by atoms with Gasteiger partial charge < -0.3 is 15.0 Å². The van der Waals surface area contributed by atoms with Crippen LogP contribution < -0.4 is 14.4 Å². The molecule has 4 aromatic carbocycles. The molecule has 0 radical (unpaired) electrons. The van der Waals surface area contributed by atoms with E-state index in [0.717, 1.165) is 19.9 Å². The third-order valence-electron chi connectivity index (χ3n) is 7.01. The minimum Gasteiger partial charge on any atom is -0.497 e. The first-order chi connectivity index (χ1) is 21.5. The standard InChI is InChI=1S/C34H35BrClN3O5S/c1-24(2)37-34(41)32(21-25-7-5-4-6-8-25)38(22-26-9-11-27(35)12-10-26)33(40)23-39(29-15-13-28(36)14-16-29)45(42,43)31-19-17-30(44-3)18-20-31/h4-20,24,32H,21-23H2,1-3H3,(H,37,41)/t32-/m0/s1. The van der Waals surface area contributed by atoms with Crippen molar-refractivity contribution in [1.29, 1.82) is 0 Å². The normalized spacial score (nSPS) is 12.0. The fraction of sp³-hybridized carbons (Fsp3) is 0.235. The van der Waals surface area contributed by atoms with Gasteiger partial charge >= 0.3 is 0 Å². The Labute approximate surface area is 278 Å². The third kappa shape index (κ3) is 9.09. The average Bonchev–Trinajstić information content (AvgIpc) is 3.03. The number of halogens is 2. The number of carbonyl (C=O) groups is 2. The summed E-state index contributed by atoms with van der Waals surface area (Å²) < 4.78 is 35.3. The van der Waals surface area contributed by atoms with Gasteiger partial charge in [-0.05, 0) is 85.6 Å². The molecule has 0 saturated heterocycles. The Balaban J connectivity index is 1.79. The molecule has 0 spiro atoms. The lowest BCUT2D eigenvalue weighted by atomic mass is 10.0. The number of benzene rings is 4. The molecule has 236 valence electrons. The molecule has 45 heavy (non-hydrogen) atoms. The molecule has 1 atom stereocenters. The molecule has 0 aliphatic heterocycles. The van der Waals surface area contributed by atoms with Gasteiger partial charge in [0.1, 0.15) is 18.3 Å². The lowest BCUT2D eigenvalue weighted by Gasteiger charge is -2.34. The monoisotopic (exact) mass is 711 g/mol. The molecular weight excluding hydrogens is 678 g/mol. The van der Waals surface area contributed by atoms with Gasteiger partial charge in [0, 0.05) is 28.5 Å². The second kappa shape index (κ2) is 15.4. The van der Waals surface area contributed by atoms with Gasteiger partial charge in [-0.15, -0.1) is 0 Å². The van der Waals surface area contributed by atoms with Crippen LogP contribution in [0.5, 0.6) is 5.75 Å². The van der Waals surface area contributed by atoms with Crippen LogP contribution in [0.1, 0.15) is 25.0 Å². The quantitative estimate of drug-likeness (QED) is 0.172. The SMILES string of the molecule is COc1ccc(S(=O)(=O)N(CC(=O)N(Cc2ccc(Br)cc2)[C@@H](Cc2ccccc2)C(=O)NC(C)C)c2ccc(Cl)cc2)cc1. The molecule has 8 nitrogen and oxygen atoms in total. The Morgan fingerprint density at radius 1 is 0.867 bits per heavy atom. The summed E-state index contributed by atoms with van der Waals surface area (Å²) >= 11 is 9.57. The topological polar surface area (TPSA) is 96.0 Å². The molecular formula is C34H35BrClN3O5S. The number of rotatable bonds is 13. The summed E-state index contributed by atoms with van der Waals surface area (Å²) in [4.78, 5) is 29.6. The largest absolute Gasteiger partial charge is 0.497 e. The summed E-state index contributed by atoms with van der Waals surface area (Å²) in [6.45, 7) is 3.21. The molecule has 0 saturated carbocycles. The molecule has 2 amide bonds.